The third kappa shape index (κ3) is 3.89. The lowest BCUT2D eigenvalue weighted by molar-refractivity contribution is 0.224. The standard InChI is InChI=1S/C16H16O/c17-16(13-15-9-5-2-6-10-15)12-11-14-7-3-1-4-8-14/h1-12,16-17H,13H2/b12-11+/t16-/m1/s1. The largest absolute Gasteiger partial charge is 0.389 e. The van der Waals surface area contributed by atoms with Gasteiger partial charge in [0, 0.05) is 6.42 Å². The van der Waals surface area contributed by atoms with Gasteiger partial charge in [0.05, 0.1) is 6.10 Å². The van der Waals surface area contributed by atoms with Gasteiger partial charge in [-0.1, -0.05) is 72.8 Å². The highest BCUT2D eigenvalue weighted by Crippen LogP contribution is 2.06. The normalized spacial score (nSPS) is 12.8. The molecule has 0 saturated carbocycles. The summed E-state index contributed by atoms with van der Waals surface area (Å²) in [6, 6.07) is 20.0. The van der Waals surface area contributed by atoms with E-state index in [-0.39, 0.29) is 0 Å². The molecule has 0 bridgehead atoms. The molecule has 86 valence electrons. The van der Waals surface area contributed by atoms with Crippen LogP contribution < -0.4 is 0 Å². The first-order chi connectivity index (χ1) is 8.34. The van der Waals surface area contributed by atoms with Gasteiger partial charge in [-0.25, -0.2) is 0 Å². The molecular weight excluding hydrogens is 208 g/mol. The maximum atomic E-state index is 9.88. The lowest BCUT2D eigenvalue weighted by Gasteiger charge is -2.05. The van der Waals surface area contributed by atoms with Crippen LogP contribution in [-0.2, 0) is 6.42 Å². The Labute approximate surface area is 102 Å². The average Bonchev–Trinajstić information content (AvgIpc) is 2.39. The Kier molecular flexibility index (Phi) is 4.11. The summed E-state index contributed by atoms with van der Waals surface area (Å²) in [5.41, 5.74) is 2.26. The molecule has 0 aliphatic carbocycles. The molecule has 0 aliphatic heterocycles. The number of rotatable bonds is 4. The second kappa shape index (κ2) is 6.02. The molecule has 2 rings (SSSR count). The molecule has 0 unspecified atom stereocenters. The van der Waals surface area contributed by atoms with Gasteiger partial charge in [-0.3, -0.25) is 0 Å². The van der Waals surface area contributed by atoms with Gasteiger partial charge in [0.1, 0.15) is 0 Å². The van der Waals surface area contributed by atoms with Crippen LogP contribution in [0, 0.1) is 0 Å². The Bertz CT molecular complexity index is 459. The van der Waals surface area contributed by atoms with Crippen LogP contribution in [0.5, 0.6) is 0 Å². The molecule has 0 radical (unpaired) electrons. The number of aliphatic hydroxyl groups excluding tert-OH is 1. The van der Waals surface area contributed by atoms with E-state index < -0.39 is 6.10 Å². The topological polar surface area (TPSA) is 20.2 Å². The molecule has 1 N–H and O–H groups in total. The molecule has 1 nitrogen and oxygen atoms in total. The minimum atomic E-state index is -0.433. The zero-order chi connectivity index (χ0) is 11.9. The fraction of sp³-hybridized carbons (Fsp3) is 0.125. The highest BCUT2D eigenvalue weighted by molar-refractivity contribution is 5.49. The van der Waals surface area contributed by atoms with Crippen molar-refractivity contribution in [2.24, 2.45) is 0 Å². The van der Waals surface area contributed by atoms with Crippen molar-refractivity contribution < 1.29 is 5.11 Å². The van der Waals surface area contributed by atoms with Gasteiger partial charge < -0.3 is 5.11 Å². The van der Waals surface area contributed by atoms with Crippen molar-refractivity contribution in [2.75, 3.05) is 0 Å². The molecule has 0 amide bonds. The summed E-state index contributed by atoms with van der Waals surface area (Å²) < 4.78 is 0. The van der Waals surface area contributed by atoms with Crippen LogP contribution in [0.25, 0.3) is 6.08 Å². The lowest BCUT2D eigenvalue weighted by Crippen LogP contribution is -2.06. The SMILES string of the molecule is O[C@H](/C=C/c1ccccc1)Cc1ccccc1. The number of aliphatic hydroxyl groups is 1. The van der Waals surface area contributed by atoms with Gasteiger partial charge in [0.15, 0.2) is 0 Å². The second-order valence-corrected chi connectivity index (χ2v) is 4.03. The van der Waals surface area contributed by atoms with Crippen molar-refractivity contribution in [3.8, 4) is 0 Å². The van der Waals surface area contributed by atoms with E-state index in [0.717, 1.165) is 11.1 Å². The molecule has 17 heavy (non-hydrogen) atoms. The average molecular weight is 224 g/mol. The Hall–Kier alpha value is -1.86. The molecule has 2 aromatic rings. The van der Waals surface area contributed by atoms with Crippen molar-refractivity contribution >= 4 is 6.08 Å². The molecular formula is C16H16O. The van der Waals surface area contributed by atoms with Crippen molar-refractivity contribution in [2.45, 2.75) is 12.5 Å². The zero-order valence-electron chi connectivity index (χ0n) is 9.66. The van der Waals surface area contributed by atoms with E-state index in [1.165, 1.54) is 0 Å². The highest BCUT2D eigenvalue weighted by Gasteiger charge is 2.00. The van der Waals surface area contributed by atoms with E-state index in [4.69, 9.17) is 0 Å². The van der Waals surface area contributed by atoms with Crippen molar-refractivity contribution in [3.63, 3.8) is 0 Å². The van der Waals surface area contributed by atoms with Crippen LogP contribution in [0.15, 0.2) is 66.7 Å². The number of hydrogen-bond donors (Lipinski definition) is 1. The van der Waals surface area contributed by atoms with Gasteiger partial charge in [0.25, 0.3) is 0 Å². The van der Waals surface area contributed by atoms with Crippen molar-refractivity contribution in [1.82, 2.24) is 0 Å². The molecule has 2 aromatic carbocycles. The quantitative estimate of drug-likeness (QED) is 0.844. The van der Waals surface area contributed by atoms with Gasteiger partial charge in [0.2, 0.25) is 0 Å². The smallest absolute Gasteiger partial charge is 0.0764 e. The van der Waals surface area contributed by atoms with Crippen LogP contribution in [-0.4, -0.2) is 11.2 Å². The van der Waals surface area contributed by atoms with Crippen LogP contribution >= 0.6 is 0 Å². The zero-order valence-corrected chi connectivity index (χ0v) is 9.66. The minimum absolute atomic E-state index is 0.433. The van der Waals surface area contributed by atoms with Crippen LogP contribution in [0.2, 0.25) is 0 Å². The van der Waals surface area contributed by atoms with Crippen molar-refractivity contribution in [3.05, 3.63) is 77.9 Å². The molecule has 0 aliphatic rings. The monoisotopic (exact) mass is 224 g/mol. The Morgan fingerprint density at radius 3 is 2.12 bits per heavy atom. The third-order valence-electron chi connectivity index (χ3n) is 2.60. The molecule has 0 fully saturated rings. The second-order valence-electron chi connectivity index (χ2n) is 4.03. The maximum absolute atomic E-state index is 9.88. The van der Waals surface area contributed by atoms with E-state index in [9.17, 15) is 5.11 Å². The van der Waals surface area contributed by atoms with Crippen LogP contribution in [0.1, 0.15) is 11.1 Å². The van der Waals surface area contributed by atoms with Crippen molar-refractivity contribution in [1.29, 1.82) is 0 Å². The van der Waals surface area contributed by atoms with E-state index in [1.54, 1.807) is 0 Å². The van der Waals surface area contributed by atoms with Gasteiger partial charge >= 0.3 is 0 Å². The maximum Gasteiger partial charge on any atom is 0.0764 e. The van der Waals surface area contributed by atoms with E-state index >= 15 is 0 Å². The van der Waals surface area contributed by atoms with Gasteiger partial charge in [-0.2, -0.15) is 0 Å². The predicted octanol–water partition coefficient (Wildman–Crippen LogP) is 3.30. The predicted molar refractivity (Wildman–Crippen MR) is 71.6 cm³/mol. The highest BCUT2D eigenvalue weighted by atomic mass is 16.3. The molecule has 0 aromatic heterocycles. The first-order valence-electron chi connectivity index (χ1n) is 5.80. The Morgan fingerprint density at radius 1 is 0.882 bits per heavy atom. The first kappa shape index (κ1) is 11.6. The summed E-state index contributed by atoms with van der Waals surface area (Å²) in [6.07, 6.45) is 4.01. The minimum Gasteiger partial charge on any atom is -0.389 e. The summed E-state index contributed by atoms with van der Waals surface area (Å²) in [6.45, 7) is 0. The van der Waals surface area contributed by atoms with E-state index in [0.29, 0.717) is 6.42 Å². The van der Waals surface area contributed by atoms with Crippen LogP contribution in [0.4, 0.5) is 0 Å². The summed E-state index contributed by atoms with van der Waals surface area (Å²) in [5.74, 6) is 0. The van der Waals surface area contributed by atoms with Gasteiger partial charge in [-0.15, -0.1) is 0 Å². The first-order valence-corrected chi connectivity index (χ1v) is 5.80. The Balaban J connectivity index is 1.94. The molecule has 0 saturated heterocycles. The van der Waals surface area contributed by atoms with E-state index in [2.05, 4.69) is 0 Å². The fourth-order valence-corrected chi connectivity index (χ4v) is 1.71. The summed E-state index contributed by atoms with van der Waals surface area (Å²) in [7, 11) is 0. The third-order valence-corrected chi connectivity index (χ3v) is 2.60. The Morgan fingerprint density at radius 2 is 1.47 bits per heavy atom. The van der Waals surface area contributed by atoms with E-state index in [1.807, 2.05) is 72.8 Å². The number of benzene rings is 2. The molecule has 0 heterocycles. The molecule has 0 spiro atoms. The lowest BCUT2D eigenvalue weighted by atomic mass is 10.1. The van der Waals surface area contributed by atoms with Crippen LogP contribution in [0.3, 0.4) is 0 Å². The van der Waals surface area contributed by atoms with Gasteiger partial charge in [-0.05, 0) is 11.1 Å². The fourth-order valence-electron chi connectivity index (χ4n) is 1.71. The summed E-state index contributed by atoms with van der Waals surface area (Å²) in [4.78, 5) is 0. The summed E-state index contributed by atoms with van der Waals surface area (Å²) >= 11 is 0. The number of hydrogen-bond acceptors (Lipinski definition) is 1. The summed E-state index contributed by atoms with van der Waals surface area (Å²) in [5, 5.41) is 9.88. The molecule has 1 heteroatoms. The molecule has 1 atom stereocenters.